The van der Waals surface area contributed by atoms with Crippen LogP contribution in [0.3, 0.4) is 0 Å². The average molecular weight is 324 g/mol. The minimum atomic E-state index is -4.42. The van der Waals surface area contributed by atoms with Crippen molar-refractivity contribution < 1.29 is 35.5 Å². The van der Waals surface area contributed by atoms with E-state index in [0.29, 0.717) is 6.07 Å². The first-order chi connectivity index (χ1) is 10.1. The zero-order valence-corrected chi connectivity index (χ0v) is 10.9. The van der Waals surface area contributed by atoms with E-state index in [2.05, 4.69) is 4.74 Å². The van der Waals surface area contributed by atoms with E-state index >= 15 is 0 Å². The monoisotopic (exact) mass is 324 g/mol. The van der Waals surface area contributed by atoms with Gasteiger partial charge in [0.05, 0.1) is 0 Å². The SMILES string of the molecule is Cc1ccc(C(F)(F)Oc2cc(F)c(F)c(F)c2)c(F)c1F. The smallest absolute Gasteiger partial charge is 0.429 e. The Hall–Kier alpha value is -2.25. The highest BCUT2D eigenvalue weighted by molar-refractivity contribution is 5.30. The lowest BCUT2D eigenvalue weighted by atomic mass is 10.1. The van der Waals surface area contributed by atoms with Crippen molar-refractivity contribution in [2.24, 2.45) is 0 Å². The fourth-order valence-corrected chi connectivity index (χ4v) is 1.66. The molecule has 0 unspecified atom stereocenters. The average Bonchev–Trinajstić information content (AvgIpc) is 2.41. The molecule has 0 aromatic heterocycles. The normalized spacial score (nSPS) is 11.6. The summed E-state index contributed by atoms with van der Waals surface area (Å²) in [7, 11) is 0. The minimum absolute atomic E-state index is 0.161. The molecule has 2 aromatic rings. The van der Waals surface area contributed by atoms with Crippen LogP contribution in [0, 0.1) is 36.0 Å². The molecule has 0 fully saturated rings. The summed E-state index contributed by atoms with van der Waals surface area (Å²) < 4.78 is 97.1. The first-order valence-electron chi connectivity index (χ1n) is 5.80. The quantitative estimate of drug-likeness (QED) is 0.581. The van der Waals surface area contributed by atoms with Crippen LogP contribution in [-0.2, 0) is 6.11 Å². The molecule has 0 aliphatic heterocycles. The van der Waals surface area contributed by atoms with Crippen LogP contribution in [0.1, 0.15) is 11.1 Å². The van der Waals surface area contributed by atoms with Gasteiger partial charge in [0.25, 0.3) is 0 Å². The summed E-state index contributed by atoms with van der Waals surface area (Å²) >= 11 is 0. The summed E-state index contributed by atoms with van der Waals surface area (Å²) in [6, 6.07) is 1.78. The zero-order valence-electron chi connectivity index (χ0n) is 10.9. The molecular formula is C14H7F7O. The highest BCUT2D eigenvalue weighted by Gasteiger charge is 2.39. The van der Waals surface area contributed by atoms with Gasteiger partial charge in [0.2, 0.25) is 0 Å². The molecule has 2 aromatic carbocycles. The van der Waals surface area contributed by atoms with E-state index in [9.17, 15) is 30.7 Å². The number of benzene rings is 2. The molecule has 0 amide bonds. The molecule has 2 rings (SSSR count). The van der Waals surface area contributed by atoms with E-state index in [0.717, 1.165) is 13.0 Å². The molecule has 0 atom stereocenters. The van der Waals surface area contributed by atoms with Crippen LogP contribution < -0.4 is 4.74 Å². The van der Waals surface area contributed by atoms with Crippen molar-refractivity contribution in [3.05, 3.63) is 64.5 Å². The predicted octanol–water partition coefficient (Wildman–Crippen LogP) is 4.82. The van der Waals surface area contributed by atoms with Gasteiger partial charge in [-0.05, 0) is 18.6 Å². The predicted molar refractivity (Wildman–Crippen MR) is 61.9 cm³/mol. The molecule has 0 saturated carbocycles. The van der Waals surface area contributed by atoms with Crippen molar-refractivity contribution in [3.63, 3.8) is 0 Å². The van der Waals surface area contributed by atoms with Gasteiger partial charge in [-0.2, -0.15) is 8.78 Å². The summed E-state index contributed by atoms with van der Waals surface area (Å²) in [5.74, 6) is -9.84. The Bertz CT molecular complexity index is 704. The van der Waals surface area contributed by atoms with Crippen molar-refractivity contribution in [2.45, 2.75) is 13.0 Å². The fourth-order valence-electron chi connectivity index (χ4n) is 1.66. The fraction of sp³-hybridized carbons (Fsp3) is 0.143. The summed E-state index contributed by atoms with van der Waals surface area (Å²) in [4.78, 5) is 0. The van der Waals surface area contributed by atoms with Crippen molar-refractivity contribution in [1.82, 2.24) is 0 Å². The van der Waals surface area contributed by atoms with E-state index in [-0.39, 0.29) is 17.7 Å². The van der Waals surface area contributed by atoms with Crippen LogP contribution >= 0.6 is 0 Å². The van der Waals surface area contributed by atoms with Crippen LogP contribution in [0.25, 0.3) is 0 Å². The maximum absolute atomic E-state index is 13.8. The standard InChI is InChI=1S/C14H7F7O/c1-6-2-3-8(12(18)11(6)17)14(20,21)22-7-4-9(15)13(19)10(16)5-7/h2-5H,1H3. The van der Waals surface area contributed by atoms with Gasteiger partial charge in [-0.3, -0.25) is 0 Å². The Kier molecular flexibility index (Phi) is 4.04. The van der Waals surface area contributed by atoms with Gasteiger partial charge in [0.15, 0.2) is 29.1 Å². The molecule has 8 heteroatoms. The molecule has 0 saturated heterocycles. The van der Waals surface area contributed by atoms with Gasteiger partial charge in [0, 0.05) is 12.1 Å². The molecule has 0 aliphatic rings. The van der Waals surface area contributed by atoms with Crippen molar-refractivity contribution in [1.29, 1.82) is 0 Å². The van der Waals surface area contributed by atoms with E-state index in [1.165, 1.54) is 0 Å². The van der Waals surface area contributed by atoms with Crippen molar-refractivity contribution >= 4 is 0 Å². The molecule has 0 radical (unpaired) electrons. The molecule has 22 heavy (non-hydrogen) atoms. The lowest BCUT2D eigenvalue weighted by molar-refractivity contribution is -0.188. The highest BCUT2D eigenvalue weighted by atomic mass is 19.3. The summed E-state index contributed by atoms with van der Waals surface area (Å²) in [5, 5.41) is 0. The van der Waals surface area contributed by atoms with E-state index < -0.39 is 46.5 Å². The first-order valence-corrected chi connectivity index (χ1v) is 5.80. The number of ether oxygens (including phenoxy) is 1. The molecule has 0 bridgehead atoms. The molecule has 0 aliphatic carbocycles. The van der Waals surface area contributed by atoms with Gasteiger partial charge in [-0.15, -0.1) is 0 Å². The third kappa shape index (κ3) is 2.86. The maximum Gasteiger partial charge on any atom is 0.429 e. The Labute approximate surface area is 119 Å². The van der Waals surface area contributed by atoms with E-state index in [4.69, 9.17) is 0 Å². The highest BCUT2D eigenvalue weighted by Crippen LogP contribution is 2.35. The summed E-state index contributed by atoms with van der Waals surface area (Å²) in [6.45, 7) is 1.16. The van der Waals surface area contributed by atoms with Crippen LogP contribution in [0.4, 0.5) is 30.7 Å². The van der Waals surface area contributed by atoms with E-state index in [1.807, 2.05) is 0 Å². The second-order valence-electron chi connectivity index (χ2n) is 4.38. The minimum Gasteiger partial charge on any atom is -0.429 e. The molecular weight excluding hydrogens is 317 g/mol. The Morgan fingerprint density at radius 3 is 1.91 bits per heavy atom. The van der Waals surface area contributed by atoms with Crippen molar-refractivity contribution in [2.75, 3.05) is 0 Å². The second-order valence-corrected chi connectivity index (χ2v) is 4.38. The Balaban J connectivity index is 2.42. The number of rotatable bonds is 3. The van der Waals surface area contributed by atoms with E-state index in [1.54, 1.807) is 0 Å². The number of alkyl halides is 2. The van der Waals surface area contributed by atoms with Gasteiger partial charge < -0.3 is 4.74 Å². The number of aryl methyl sites for hydroxylation is 1. The topological polar surface area (TPSA) is 9.23 Å². The lowest BCUT2D eigenvalue weighted by Gasteiger charge is -2.19. The maximum atomic E-state index is 13.8. The van der Waals surface area contributed by atoms with Crippen LogP contribution in [-0.4, -0.2) is 0 Å². The van der Waals surface area contributed by atoms with Gasteiger partial charge in [-0.25, -0.2) is 22.0 Å². The number of hydrogen-bond acceptors (Lipinski definition) is 1. The number of hydrogen-bond donors (Lipinski definition) is 0. The van der Waals surface area contributed by atoms with Gasteiger partial charge in [0.1, 0.15) is 11.3 Å². The third-order valence-electron chi connectivity index (χ3n) is 2.79. The van der Waals surface area contributed by atoms with Crippen LogP contribution in [0.2, 0.25) is 0 Å². The summed E-state index contributed by atoms with van der Waals surface area (Å²) in [5.41, 5.74) is -1.67. The first kappa shape index (κ1) is 16.1. The third-order valence-corrected chi connectivity index (χ3v) is 2.79. The van der Waals surface area contributed by atoms with Gasteiger partial charge >= 0.3 is 6.11 Å². The molecule has 0 spiro atoms. The van der Waals surface area contributed by atoms with Gasteiger partial charge in [-0.1, -0.05) is 6.07 Å². The molecule has 0 N–H and O–H groups in total. The molecule has 0 heterocycles. The molecule has 118 valence electrons. The largest absolute Gasteiger partial charge is 0.429 e. The second kappa shape index (κ2) is 5.51. The lowest BCUT2D eigenvalue weighted by Crippen LogP contribution is -2.24. The molecule has 1 nitrogen and oxygen atoms in total. The van der Waals surface area contributed by atoms with Crippen LogP contribution in [0.15, 0.2) is 24.3 Å². The van der Waals surface area contributed by atoms with Crippen LogP contribution in [0.5, 0.6) is 5.75 Å². The van der Waals surface area contributed by atoms with Crippen molar-refractivity contribution in [3.8, 4) is 5.75 Å². The zero-order chi connectivity index (χ0) is 16.7. The Morgan fingerprint density at radius 1 is 0.818 bits per heavy atom. The summed E-state index contributed by atoms with van der Waals surface area (Å²) in [6.07, 6.45) is -4.42. The Morgan fingerprint density at radius 2 is 1.36 bits per heavy atom. The number of halogens is 7.